The predicted molar refractivity (Wildman–Crippen MR) is 134 cm³/mol. The van der Waals surface area contributed by atoms with Crippen molar-refractivity contribution >= 4 is 40.1 Å². The van der Waals surface area contributed by atoms with E-state index in [9.17, 15) is 4.79 Å². The lowest BCUT2D eigenvalue weighted by Gasteiger charge is -2.14. The first kappa shape index (κ1) is 23.1. The molecule has 3 aromatic heterocycles. The van der Waals surface area contributed by atoms with E-state index in [4.69, 9.17) is 0 Å². The van der Waals surface area contributed by atoms with Crippen LogP contribution in [-0.4, -0.2) is 49.7 Å². The number of nitrogens with one attached hydrogen (secondary N) is 2. The number of nitrogens with zero attached hydrogens (tertiary/aromatic N) is 7. The number of benzene rings is 1. The second-order valence-electron chi connectivity index (χ2n) is 9.42. The molecule has 0 bridgehead atoms. The standard InChI is InChI=1S/C24H29N9O/c1-14-8-9-15(28-22(34)18-11-19(24(2,3)4)31-33(18)7)10-16(14)29-21-20-17(26-13-27-21)12-25-23(30-20)32(5)6/h8-13H,1-7H3,(H,28,34)(H,26,27,29). The second kappa shape index (κ2) is 8.69. The van der Waals surface area contributed by atoms with Gasteiger partial charge in [-0.2, -0.15) is 5.10 Å². The van der Waals surface area contributed by atoms with Gasteiger partial charge in [-0.05, 0) is 30.7 Å². The van der Waals surface area contributed by atoms with Crippen LogP contribution < -0.4 is 15.5 Å². The van der Waals surface area contributed by atoms with Gasteiger partial charge in [-0.15, -0.1) is 0 Å². The zero-order valence-electron chi connectivity index (χ0n) is 20.5. The number of fused-ring (bicyclic) bond motifs is 1. The van der Waals surface area contributed by atoms with Crippen molar-refractivity contribution < 1.29 is 4.79 Å². The van der Waals surface area contributed by atoms with E-state index >= 15 is 0 Å². The molecule has 4 aromatic rings. The van der Waals surface area contributed by atoms with Gasteiger partial charge in [0.1, 0.15) is 23.1 Å². The van der Waals surface area contributed by atoms with Crippen LogP contribution in [-0.2, 0) is 12.5 Å². The smallest absolute Gasteiger partial charge is 0.273 e. The van der Waals surface area contributed by atoms with Gasteiger partial charge in [-0.3, -0.25) is 9.48 Å². The first-order valence-corrected chi connectivity index (χ1v) is 10.9. The minimum atomic E-state index is -0.226. The largest absolute Gasteiger partial charge is 0.347 e. The van der Waals surface area contributed by atoms with Gasteiger partial charge in [0.25, 0.3) is 5.91 Å². The van der Waals surface area contributed by atoms with Crippen molar-refractivity contribution in [2.45, 2.75) is 33.1 Å². The average molecular weight is 460 g/mol. The van der Waals surface area contributed by atoms with Gasteiger partial charge in [0.15, 0.2) is 5.82 Å². The molecule has 0 unspecified atom stereocenters. The van der Waals surface area contributed by atoms with Crippen LogP contribution >= 0.6 is 0 Å². The van der Waals surface area contributed by atoms with E-state index in [1.54, 1.807) is 17.9 Å². The normalized spacial score (nSPS) is 11.5. The van der Waals surface area contributed by atoms with Gasteiger partial charge in [0.2, 0.25) is 5.95 Å². The molecule has 0 aliphatic rings. The molecule has 0 saturated carbocycles. The van der Waals surface area contributed by atoms with Gasteiger partial charge in [0.05, 0.1) is 11.9 Å². The lowest BCUT2D eigenvalue weighted by molar-refractivity contribution is 0.101. The number of carbonyl (C=O) groups is 1. The highest BCUT2D eigenvalue weighted by molar-refractivity contribution is 6.03. The van der Waals surface area contributed by atoms with E-state index in [-0.39, 0.29) is 11.3 Å². The summed E-state index contributed by atoms with van der Waals surface area (Å²) in [5.74, 6) is 0.897. The third-order valence-corrected chi connectivity index (χ3v) is 5.39. The molecule has 4 rings (SSSR count). The lowest BCUT2D eigenvalue weighted by Crippen LogP contribution is -2.16. The molecule has 0 atom stereocenters. The molecule has 0 spiro atoms. The number of aryl methyl sites for hydroxylation is 2. The topological polar surface area (TPSA) is 114 Å². The van der Waals surface area contributed by atoms with Gasteiger partial charge < -0.3 is 15.5 Å². The highest BCUT2D eigenvalue weighted by atomic mass is 16.2. The average Bonchev–Trinajstić information content (AvgIpc) is 3.18. The number of anilines is 4. The third kappa shape index (κ3) is 4.66. The first-order valence-electron chi connectivity index (χ1n) is 10.9. The third-order valence-electron chi connectivity index (χ3n) is 5.39. The summed E-state index contributed by atoms with van der Waals surface area (Å²) >= 11 is 0. The van der Waals surface area contributed by atoms with E-state index in [1.807, 2.05) is 50.2 Å². The van der Waals surface area contributed by atoms with Crippen LogP contribution in [0.2, 0.25) is 0 Å². The summed E-state index contributed by atoms with van der Waals surface area (Å²) < 4.78 is 1.61. The highest BCUT2D eigenvalue weighted by Crippen LogP contribution is 2.27. The molecule has 1 aromatic carbocycles. The molecule has 0 aliphatic carbocycles. The van der Waals surface area contributed by atoms with E-state index < -0.39 is 0 Å². The molecule has 0 radical (unpaired) electrons. The number of amides is 1. The van der Waals surface area contributed by atoms with E-state index in [0.29, 0.717) is 34.2 Å². The number of rotatable bonds is 5. The van der Waals surface area contributed by atoms with Gasteiger partial charge in [-0.1, -0.05) is 26.8 Å². The van der Waals surface area contributed by atoms with Crippen molar-refractivity contribution in [2.75, 3.05) is 29.6 Å². The molecule has 3 heterocycles. The van der Waals surface area contributed by atoms with Crippen molar-refractivity contribution in [3.05, 3.63) is 53.7 Å². The Morgan fingerprint density at radius 3 is 2.53 bits per heavy atom. The number of hydrogen-bond acceptors (Lipinski definition) is 8. The maximum atomic E-state index is 13.0. The minimum absolute atomic E-state index is 0.145. The fraction of sp³-hybridized carbons (Fsp3) is 0.333. The number of hydrogen-bond donors (Lipinski definition) is 2. The second-order valence-corrected chi connectivity index (χ2v) is 9.42. The van der Waals surface area contributed by atoms with Gasteiger partial charge in [-0.25, -0.2) is 19.9 Å². The summed E-state index contributed by atoms with van der Waals surface area (Å²) in [6, 6.07) is 7.50. The predicted octanol–water partition coefficient (Wildman–Crippen LogP) is 3.82. The Morgan fingerprint density at radius 1 is 1.09 bits per heavy atom. The first-order chi connectivity index (χ1) is 16.0. The lowest BCUT2D eigenvalue weighted by atomic mass is 9.92. The number of carbonyl (C=O) groups excluding carboxylic acids is 1. The van der Waals surface area contributed by atoms with Crippen molar-refractivity contribution in [3.8, 4) is 0 Å². The molecule has 0 saturated heterocycles. The van der Waals surface area contributed by atoms with Gasteiger partial charge in [0, 0.05) is 37.9 Å². The molecule has 0 aliphatic heterocycles. The summed E-state index contributed by atoms with van der Waals surface area (Å²) in [6.45, 7) is 8.18. The fourth-order valence-corrected chi connectivity index (χ4v) is 3.36. The Hall–Kier alpha value is -4.08. The summed E-state index contributed by atoms with van der Waals surface area (Å²) in [4.78, 5) is 32.3. The molecule has 2 N–H and O–H groups in total. The number of aromatic nitrogens is 6. The van der Waals surface area contributed by atoms with Crippen molar-refractivity contribution in [1.82, 2.24) is 29.7 Å². The van der Waals surface area contributed by atoms with Gasteiger partial charge >= 0.3 is 0 Å². The highest BCUT2D eigenvalue weighted by Gasteiger charge is 2.22. The van der Waals surface area contributed by atoms with Crippen LogP contribution in [0.1, 0.15) is 42.5 Å². The fourth-order valence-electron chi connectivity index (χ4n) is 3.36. The maximum Gasteiger partial charge on any atom is 0.273 e. The summed E-state index contributed by atoms with van der Waals surface area (Å²) in [7, 11) is 5.53. The Labute approximate surface area is 198 Å². The van der Waals surface area contributed by atoms with E-state index in [1.165, 1.54) is 6.33 Å². The van der Waals surface area contributed by atoms with E-state index in [0.717, 1.165) is 16.9 Å². The summed E-state index contributed by atoms with van der Waals surface area (Å²) in [5, 5.41) is 10.8. The van der Waals surface area contributed by atoms with Crippen molar-refractivity contribution in [2.24, 2.45) is 7.05 Å². The molecule has 1 amide bonds. The molecule has 10 nitrogen and oxygen atoms in total. The quantitative estimate of drug-likeness (QED) is 0.463. The zero-order valence-corrected chi connectivity index (χ0v) is 20.5. The SMILES string of the molecule is Cc1ccc(NC(=O)c2cc(C(C)(C)C)nn2C)cc1Nc1ncnc2cnc(N(C)C)nc12. The molecular weight excluding hydrogens is 430 g/mol. The molecule has 10 heteroatoms. The minimum Gasteiger partial charge on any atom is -0.347 e. The Bertz CT molecular complexity index is 1370. The molecular formula is C24H29N9O. The van der Waals surface area contributed by atoms with Crippen LogP contribution in [0.3, 0.4) is 0 Å². The van der Waals surface area contributed by atoms with E-state index in [2.05, 4.69) is 56.4 Å². The Balaban J connectivity index is 1.62. The molecule has 176 valence electrons. The Kier molecular flexibility index (Phi) is 5.90. The molecule has 34 heavy (non-hydrogen) atoms. The molecule has 0 fully saturated rings. The zero-order chi connectivity index (χ0) is 24.6. The van der Waals surface area contributed by atoms with Crippen LogP contribution in [0.25, 0.3) is 11.0 Å². The Morgan fingerprint density at radius 2 is 1.85 bits per heavy atom. The van der Waals surface area contributed by atoms with Crippen molar-refractivity contribution in [1.29, 1.82) is 0 Å². The van der Waals surface area contributed by atoms with Crippen LogP contribution in [0.4, 0.5) is 23.1 Å². The summed E-state index contributed by atoms with van der Waals surface area (Å²) in [5.41, 5.74) is 4.89. The summed E-state index contributed by atoms with van der Waals surface area (Å²) in [6.07, 6.45) is 3.15. The maximum absolute atomic E-state index is 13.0. The van der Waals surface area contributed by atoms with Crippen LogP contribution in [0, 0.1) is 6.92 Å². The van der Waals surface area contributed by atoms with Crippen molar-refractivity contribution in [3.63, 3.8) is 0 Å². The van der Waals surface area contributed by atoms with Crippen LogP contribution in [0.15, 0.2) is 36.8 Å². The van der Waals surface area contributed by atoms with Crippen LogP contribution in [0.5, 0.6) is 0 Å². The monoisotopic (exact) mass is 459 g/mol.